The highest BCUT2D eigenvalue weighted by Crippen LogP contribution is 2.30. The Kier molecular flexibility index (Phi) is 10.4. The molecule has 5 N–H and O–H groups in total. The minimum atomic E-state index is -1.05. The second-order valence-corrected chi connectivity index (χ2v) is 11.0. The second-order valence-electron chi connectivity index (χ2n) is 11.0. The number of likely N-dealkylation sites (tertiary alicyclic amines) is 1. The average molecular weight is 546 g/mol. The van der Waals surface area contributed by atoms with Gasteiger partial charge in [0.1, 0.15) is 11.6 Å². The van der Waals surface area contributed by atoms with Crippen molar-refractivity contribution < 1.29 is 28.9 Å². The third kappa shape index (κ3) is 8.05. The lowest BCUT2D eigenvalue weighted by molar-refractivity contribution is -0.129. The number of nitrogens with zero attached hydrogens (tertiary/aromatic N) is 1. The quantitative estimate of drug-likeness (QED) is 0.297. The van der Waals surface area contributed by atoms with Gasteiger partial charge >= 0.3 is 0 Å². The third-order valence-corrected chi connectivity index (χ3v) is 7.99. The molecule has 2 aliphatic rings. The van der Waals surface area contributed by atoms with E-state index in [0.29, 0.717) is 25.1 Å². The van der Waals surface area contributed by atoms with E-state index in [2.05, 4.69) is 29.7 Å². The van der Waals surface area contributed by atoms with Crippen LogP contribution in [0.3, 0.4) is 0 Å². The minimum Gasteiger partial charge on any atom is -0.392 e. The highest BCUT2D eigenvalue weighted by atomic mass is 19.1. The number of aliphatic hydroxyl groups is 3. The predicted octanol–water partition coefficient (Wildman–Crippen LogP) is 2.44. The summed E-state index contributed by atoms with van der Waals surface area (Å²) in [5.41, 5.74) is 2.59. The second kappa shape index (κ2) is 13.8. The van der Waals surface area contributed by atoms with E-state index in [1.807, 2.05) is 17.0 Å². The number of carbonyl (C=O) groups excluding carboxylic acids is 1. The normalized spacial score (nSPS) is 25.4. The lowest BCUT2D eigenvalue weighted by atomic mass is 9.91. The summed E-state index contributed by atoms with van der Waals surface area (Å²) in [5, 5.41) is 38.2. The largest absolute Gasteiger partial charge is 0.392 e. The van der Waals surface area contributed by atoms with Gasteiger partial charge in [0, 0.05) is 31.7 Å². The van der Waals surface area contributed by atoms with Gasteiger partial charge in [0.25, 0.3) is 0 Å². The Morgan fingerprint density at radius 2 is 1.77 bits per heavy atom. The van der Waals surface area contributed by atoms with E-state index >= 15 is 0 Å². The fourth-order valence-electron chi connectivity index (χ4n) is 5.95. The van der Waals surface area contributed by atoms with Gasteiger partial charge < -0.3 is 26.0 Å². The van der Waals surface area contributed by atoms with Crippen molar-refractivity contribution >= 4 is 5.91 Å². The maximum Gasteiger partial charge on any atom is 0.237 e. The Morgan fingerprint density at radius 1 is 1.05 bits per heavy atom. The molecule has 2 aromatic carbocycles. The van der Waals surface area contributed by atoms with Crippen LogP contribution in [0.2, 0.25) is 0 Å². The van der Waals surface area contributed by atoms with Crippen LogP contribution in [-0.4, -0.2) is 75.7 Å². The van der Waals surface area contributed by atoms with Crippen LogP contribution in [-0.2, 0) is 24.2 Å². The van der Waals surface area contributed by atoms with Crippen molar-refractivity contribution in [3.63, 3.8) is 0 Å². The van der Waals surface area contributed by atoms with Crippen LogP contribution >= 0.6 is 0 Å². The van der Waals surface area contributed by atoms with Crippen molar-refractivity contribution in [1.29, 1.82) is 0 Å². The number of carbonyl (C=O) groups is 1. The van der Waals surface area contributed by atoms with Gasteiger partial charge in [0.15, 0.2) is 0 Å². The number of amides is 1. The van der Waals surface area contributed by atoms with Gasteiger partial charge in [-0.3, -0.25) is 9.69 Å². The third-order valence-electron chi connectivity index (χ3n) is 7.99. The molecule has 0 spiro atoms. The molecule has 0 aromatic heterocycles. The van der Waals surface area contributed by atoms with Gasteiger partial charge in [-0.1, -0.05) is 44.0 Å². The standard InChI is InChI=1S/C30H41F2N3O4/c1-2-19-6-5-7-20(10-19)16-33-17-29(38)25(13-21-11-22(31)14-23(32)12-21)34-30(39)27-15-24(36)18-35(27)26-8-3-4-9-28(26)37/h5-7,10-12,14,24-29,33,36-38H,2-4,8-9,13,15-18H2,1H3,(H,34,39)/t24?,25-,26+,27-,28+,29-/m0/s1. The summed E-state index contributed by atoms with van der Waals surface area (Å²) in [4.78, 5) is 15.4. The fraction of sp³-hybridized carbons (Fsp3) is 0.567. The molecule has 0 radical (unpaired) electrons. The van der Waals surface area contributed by atoms with Crippen LogP contribution < -0.4 is 10.6 Å². The maximum absolute atomic E-state index is 13.9. The van der Waals surface area contributed by atoms with Gasteiger partial charge in [0.05, 0.1) is 30.4 Å². The first-order chi connectivity index (χ1) is 18.7. The zero-order chi connectivity index (χ0) is 27.9. The number of benzene rings is 2. The molecule has 7 nitrogen and oxygen atoms in total. The van der Waals surface area contributed by atoms with Crippen LogP contribution in [0.4, 0.5) is 8.78 Å². The van der Waals surface area contributed by atoms with Crippen molar-refractivity contribution in [3.8, 4) is 0 Å². The molecule has 1 aliphatic heterocycles. The molecule has 9 heteroatoms. The molecule has 214 valence electrons. The molecule has 2 aromatic rings. The van der Waals surface area contributed by atoms with Gasteiger partial charge in [-0.15, -0.1) is 0 Å². The smallest absolute Gasteiger partial charge is 0.237 e. The van der Waals surface area contributed by atoms with E-state index in [4.69, 9.17) is 0 Å². The summed E-state index contributed by atoms with van der Waals surface area (Å²) < 4.78 is 27.8. The van der Waals surface area contributed by atoms with E-state index in [-0.39, 0.29) is 31.3 Å². The molecule has 1 amide bonds. The number of hydrogen-bond acceptors (Lipinski definition) is 6. The Hall–Kier alpha value is -2.43. The Bertz CT molecular complexity index is 1080. The first-order valence-electron chi connectivity index (χ1n) is 14.1. The number of aryl methyl sites for hydroxylation is 1. The molecular formula is C30H41F2N3O4. The van der Waals surface area contributed by atoms with Crippen molar-refractivity contribution in [2.45, 2.75) is 94.9 Å². The van der Waals surface area contributed by atoms with Gasteiger partial charge in [-0.25, -0.2) is 8.78 Å². The predicted molar refractivity (Wildman–Crippen MR) is 145 cm³/mol. The minimum absolute atomic E-state index is 0.0237. The molecule has 1 aliphatic carbocycles. The van der Waals surface area contributed by atoms with E-state index < -0.39 is 42.0 Å². The number of halogens is 2. The van der Waals surface area contributed by atoms with E-state index in [0.717, 1.165) is 37.3 Å². The number of rotatable bonds is 11. The Morgan fingerprint density at radius 3 is 2.49 bits per heavy atom. The fourth-order valence-corrected chi connectivity index (χ4v) is 5.95. The van der Waals surface area contributed by atoms with Crippen LogP contribution in [0, 0.1) is 11.6 Å². The average Bonchev–Trinajstić information content (AvgIpc) is 3.29. The highest BCUT2D eigenvalue weighted by molar-refractivity contribution is 5.82. The maximum atomic E-state index is 13.9. The lowest BCUT2D eigenvalue weighted by Crippen LogP contribution is -2.56. The molecule has 0 bridgehead atoms. The zero-order valence-electron chi connectivity index (χ0n) is 22.5. The summed E-state index contributed by atoms with van der Waals surface area (Å²) in [5.74, 6) is -1.83. The number of hydrogen-bond donors (Lipinski definition) is 5. The van der Waals surface area contributed by atoms with Crippen molar-refractivity contribution in [1.82, 2.24) is 15.5 Å². The van der Waals surface area contributed by atoms with Crippen molar-refractivity contribution in [2.24, 2.45) is 0 Å². The van der Waals surface area contributed by atoms with Crippen LogP contribution in [0.15, 0.2) is 42.5 Å². The Labute approximate surface area is 229 Å². The molecule has 2 fully saturated rings. The van der Waals surface area contributed by atoms with Gasteiger partial charge in [-0.2, -0.15) is 0 Å². The molecule has 1 saturated heterocycles. The first-order valence-corrected chi connectivity index (χ1v) is 14.1. The summed E-state index contributed by atoms with van der Waals surface area (Å²) in [6.07, 6.45) is 2.13. The molecule has 6 atom stereocenters. The van der Waals surface area contributed by atoms with Crippen molar-refractivity contribution in [2.75, 3.05) is 13.1 Å². The number of β-amino-alcohol motifs (C(OH)–C–C–N with tert-alkyl or cyclic N) is 1. The topological polar surface area (TPSA) is 105 Å². The first kappa shape index (κ1) is 29.6. The Balaban J connectivity index is 1.46. The molecule has 4 rings (SSSR count). The number of aliphatic hydroxyl groups excluding tert-OH is 3. The van der Waals surface area contributed by atoms with Crippen LogP contribution in [0.5, 0.6) is 0 Å². The number of nitrogens with one attached hydrogen (secondary N) is 2. The summed E-state index contributed by atoms with van der Waals surface area (Å²) in [7, 11) is 0. The molecule has 1 heterocycles. The van der Waals surface area contributed by atoms with E-state index in [1.165, 1.54) is 17.7 Å². The van der Waals surface area contributed by atoms with Crippen LogP contribution in [0.1, 0.15) is 55.7 Å². The SMILES string of the molecule is CCc1cccc(CNC[C@H](O)[C@H](Cc2cc(F)cc(F)c2)NC(=O)[C@@H]2CC(O)CN2[C@@H]2CCCC[C@H]2O)c1. The van der Waals surface area contributed by atoms with E-state index in [9.17, 15) is 28.9 Å². The summed E-state index contributed by atoms with van der Waals surface area (Å²) in [6, 6.07) is 9.59. The monoisotopic (exact) mass is 545 g/mol. The zero-order valence-corrected chi connectivity index (χ0v) is 22.5. The summed E-state index contributed by atoms with van der Waals surface area (Å²) in [6.45, 7) is 3.04. The van der Waals surface area contributed by atoms with E-state index in [1.54, 1.807) is 0 Å². The highest BCUT2D eigenvalue weighted by Gasteiger charge is 2.43. The summed E-state index contributed by atoms with van der Waals surface area (Å²) >= 11 is 0. The van der Waals surface area contributed by atoms with Crippen LogP contribution in [0.25, 0.3) is 0 Å². The molecule has 1 saturated carbocycles. The lowest BCUT2D eigenvalue weighted by Gasteiger charge is -2.38. The van der Waals surface area contributed by atoms with Gasteiger partial charge in [0.2, 0.25) is 5.91 Å². The van der Waals surface area contributed by atoms with Crippen molar-refractivity contribution in [3.05, 3.63) is 70.8 Å². The molecular weight excluding hydrogens is 504 g/mol. The molecule has 1 unspecified atom stereocenters. The van der Waals surface area contributed by atoms with Gasteiger partial charge in [-0.05, 0) is 60.9 Å². The molecule has 39 heavy (non-hydrogen) atoms.